The normalized spacial score (nSPS) is 14.6. The topological polar surface area (TPSA) is 54.9 Å². The Morgan fingerprint density at radius 1 is 1.07 bits per heavy atom. The summed E-state index contributed by atoms with van der Waals surface area (Å²) in [6.07, 6.45) is 2.45. The first-order chi connectivity index (χ1) is 13.2. The molecule has 5 nitrogen and oxygen atoms in total. The van der Waals surface area contributed by atoms with Crippen molar-refractivity contribution in [1.82, 2.24) is 10.6 Å². The lowest BCUT2D eigenvalue weighted by atomic mass is 10.2. The van der Waals surface area contributed by atoms with Crippen LogP contribution in [-0.2, 0) is 6.54 Å². The summed E-state index contributed by atoms with van der Waals surface area (Å²) in [6, 6.07) is 16.4. The van der Waals surface area contributed by atoms with Crippen LogP contribution in [0.15, 0.2) is 58.4 Å². The standard InChI is InChI=1S/C21H27N3O2S.HI/c1-22-20(23-14-16-9-10-17(25-2)13-19(16)26-3)24-15-21(11-12-21)27-18-7-5-4-6-8-18;/h4-10,13H,11-12,14-15H2,1-3H3,(H2,22,23,24);1H. The summed E-state index contributed by atoms with van der Waals surface area (Å²) in [7, 11) is 5.12. The van der Waals surface area contributed by atoms with Gasteiger partial charge in [0.2, 0.25) is 0 Å². The molecule has 0 heterocycles. The number of hydrogen-bond donors (Lipinski definition) is 2. The molecule has 0 aromatic heterocycles. The third kappa shape index (κ3) is 6.20. The van der Waals surface area contributed by atoms with Crippen LogP contribution in [0.3, 0.4) is 0 Å². The van der Waals surface area contributed by atoms with Crippen molar-refractivity contribution >= 4 is 41.7 Å². The largest absolute Gasteiger partial charge is 0.497 e. The van der Waals surface area contributed by atoms with E-state index < -0.39 is 0 Å². The van der Waals surface area contributed by atoms with Crippen LogP contribution < -0.4 is 20.1 Å². The Hall–Kier alpha value is -1.61. The summed E-state index contributed by atoms with van der Waals surface area (Å²) in [5.41, 5.74) is 1.06. The molecule has 1 aliphatic rings. The maximum Gasteiger partial charge on any atom is 0.191 e. The van der Waals surface area contributed by atoms with Gasteiger partial charge in [-0.1, -0.05) is 18.2 Å². The second kappa shape index (κ2) is 10.8. The minimum Gasteiger partial charge on any atom is -0.497 e. The predicted octanol–water partition coefficient (Wildman–Crippen LogP) is 4.31. The molecule has 1 fully saturated rings. The monoisotopic (exact) mass is 513 g/mol. The van der Waals surface area contributed by atoms with Crippen LogP contribution in [0.1, 0.15) is 18.4 Å². The summed E-state index contributed by atoms with van der Waals surface area (Å²) in [6.45, 7) is 1.53. The fourth-order valence-electron chi connectivity index (χ4n) is 2.84. The Morgan fingerprint density at radius 3 is 2.43 bits per heavy atom. The van der Waals surface area contributed by atoms with E-state index in [9.17, 15) is 0 Å². The number of methoxy groups -OCH3 is 2. The number of benzene rings is 2. The van der Waals surface area contributed by atoms with Gasteiger partial charge in [-0.25, -0.2) is 0 Å². The Balaban J connectivity index is 0.00000280. The van der Waals surface area contributed by atoms with Gasteiger partial charge in [0.1, 0.15) is 11.5 Å². The second-order valence-corrected chi connectivity index (χ2v) is 8.10. The maximum atomic E-state index is 5.46. The van der Waals surface area contributed by atoms with Crippen molar-refractivity contribution < 1.29 is 9.47 Å². The minimum atomic E-state index is 0. The van der Waals surface area contributed by atoms with Crippen molar-refractivity contribution in [2.24, 2.45) is 4.99 Å². The highest BCUT2D eigenvalue weighted by Crippen LogP contribution is 2.51. The Bertz CT molecular complexity index is 782. The molecule has 0 atom stereocenters. The first-order valence-electron chi connectivity index (χ1n) is 9.07. The van der Waals surface area contributed by atoms with Gasteiger partial charge in [0, 0.05) is 41.4 Å². The number of aliphatic imine (C=N–C) groups is 1. The number of thioether (sulfide) groups is 1. The summed E-state index contributed by atoms with van der Waals surface area (Å²) in [4.78, 5) is 5.67. The molecule has 1 saturated carbocycles. The van der Waals surface area contributed by atoms with Gasteiger partial charge < -0.3 is 20.1 Å². The molecule has 0 saturated heterocycles. The molecule has 2 aromatic carbocycles. The Kier molecular flexibility index (Phi) is 8.75. The fourth-order valence-corrected chi connectivity index (χ4v) is 4.08. The van der Waals surface area contributed by atoms with Crippen LogP contribution in [0.25, 0.3) is 0 Å². The first-order valence-corrected chi connectivity index (χ1v) is 9.89. The number of halogens is 1. The van der Waals surface area contributed by atoms with Crippen molar-refractivity contribution in [2.45, 2.75) is 29.0 Å². The summed E-state index contributed by atoms with van der Waals surface area (Å²) < 4.78 is 11.0. The van der Waals surface area contributed by atoms with Crippen molar-refractivity contribution in [2.75, 3.05) is 27.8 Å². The van der Waals surface area contributed by atoms with E-state index in [1.165, 1.54) is 17.7 Å². The molecule has 1 aliphatic carbocycles. The van der Waals surface area contributed by atoms with Gasteiger partial charge >= 0.3 is 0 Å². The quantitative estimate of drug-likeness (QED) is 0.313. The number of ether oxygens (including phenoxy) is 2. The molecule has 28 heavy (non-hydrogen) atoms. The van der Waals surface area contributed by atoms with E-state index in [0.29, 0.717) is 6.54 Å². The molecule has 2 aromatic rings. The van der Waals surface area contributed by atoms with E-state index in [1.54, 1.807) is 21.3 Å². The van der Waals surface area contributed by atoms with Gasteiger partial charge in [-0.15, -0.1) is 35.7 Å². The van der Waals surface area contributed by atoms with E-state index in [0.717, 1.165) is 29.6 Å². The third-order valence-corrected chi connectivity index (χ3v) is 6.12. The molecular weight excluding hydrogens is 485 g/mol. The molecule has 0 spiro atoms. The van der Waals surface area contributed by atoms with Crippen LogP contribution >= 0.6 is 35.7 Å². The molecule has 0 unspecified atom stereocenters. The average Bonchev–Trinajstić information content (AvgIpc) is 3.48. The predicted molar refractivity (Wildman–Crippen MR) is 127 cm³/mol. The highest BCUT2D eigenvalue weighted by Gasteiger charge is 2.43. The van der Waals surface area contributed by atoms with Crippen molar-refractivity contribution in [3.63, 3.8) is 0 Å². The maximum absolute atomic E-state index is 5.46. The Morgan fingerprint density at radius 2 is 1.82 bits per heavy atom. The number of hydrogen-bond acceptors (Lipinski definition) is 4. The zero-order chi connectivity index (χ0) is 19.1. The molecule has 2 N–H and O–H groups in total. The molecule has 0 amide bonds. The SMILES string of the molecule is CN=C(NCc1ccc(OC)cc1OC)NCC1(Sc2ccccc2)CC1.I. The molecule has 0 radical (unpaired) electrons. The third-order valence-electron chi connectivity index (χ3n) is 4.63. The molecule has 152 valence electrons. The van der Waals surface area contributed by atoms with Crippen LogP contribution in [0.4, 0.5) is 0 Å². The van der Waals surface area contributed by atoms with Gasteiger partial charge in [-0.3, -0.25) is 4.99 Å². The van der Waals surface area contributed by atoms with Gasteiger partial charge in [-0.05, 0) is 37.1 Å². The van der Waals surface area contributed by atoms with E-state index >= 15 is 0 Å². The summed E-state index contributed by atoms with van der Waals surface area (Å²) >= 11 is 1.95. The van der Waals surface area contributed by atoms with Crippen LogP contribution in [0.2, 0.25) is 0 Å². The number of guanidine groups is 1. The molecule has 3 rings (SSSR count). The highest BCUT2D eigenvalue weighted by atomic mass is 127. The zero-order valence-corrected chi connectivity index (χ0v) is 19.7. The summed E-state index contributed by atoms with van der Waals surface area (Å²) in [5, 5.41) is 6.85. The van der Waals surface area contributed by atoms with Crippen molar-refractivity contribution in [3.05, 3.63) is 54.1 Å². The molecule has 0 bridgehead atoms. The van der Waals surface area contributed by atoms with E-state index in [-0.39, 0.29) is 28.7 Å². The van der Waals surface area contributed by atoms with Crippen LogP contribution in [0.5, 0.6) is 11.5 Å². The van der Waals surface area contributed by atoms with E-state index in [1.807, 2.05) is 30.0 Å². The smallest absolute Gasteiger partial charge is 0.191 e. The van der Waals surface area contributed by atoms with Crippen molar-refractivity contribution in [1.29, 1.82) is 0 Å². The average molecular weight is 513 g/mol. The molecule has 7 heteroatoms. The molecular formula is C21H28IN3O2S. The zero-order valence-electron chi connectivity index (χ0n) is 16.5. The summed E-state index contributed by atoms with van der Waals surface area (Å²) in [5.74, 6) is 2.38. The minimum absolute atomic E-state index is 0. The highest BCUT2D eigenvalue weighted by molar-refractivity contribution is 14.0. The lowest BCUT2D eigenvalue weighted by molar-refractivity contribution is 0.390. The van der Waals surface area contributed by atoms with Gasteiger partial charge in [0.05, 0.1) is 14.2 Å². The lowest BCUT2D eigenvalue weighted by Gasteiger charge is -2.19. The van der Waals surface area contributed by atoms with E-state index in [2.05, 4.69) is 46.0 Å². The second-order valence-electron chi connectivity index (χ2n) is 6.56. The van der Waals surface area contributed by atoms with Crippen LogP contribution in [-0.4, -0.2) is 38.5 Å². The van der Waals surface area contributed by atoms with Crippen molar-refractivity contribution in [3.8, 4) is 11.5 Å². The number of rotatable bonds is 8. The van der Waals surface area contributed by atoms with Gasteiger partial charge in [-0.2, -0.15) is 0 Å². The van der Waals surface area contributed by atoms with Gasteiger partial charge in [0.15, 0.2) is 5.96 Å². The number of nitrogens with one attached hydrogen (secondary N) is 2. The first kappa shape index (κ1) is 22.7. The van der Waals surface area contributed by atoms with Crippen LogP contribution in [0, 0.1) is 0 Å². The Labute approximate surface area is 188 Å². The van der Waals surface area contributed by atoms with Gasteiger partial charge in [0.25, 0.3) is 0 Å². The number of nitrogens with zero attached hydrogens (tertiary/aromatic N) is 1. The van der Waals surface area contributed by atoms with E-state index in [4.69, 9.17) is 9.47 Å². The molecule has 0 aliphatic heterocycles. The lowest BCUT2D eigenvalue weighted by Crippen LogP contribution is -2.40. The fraction of sp³-hybridized carbons (Fsp3) is 0.381.